The average molecular weight is 425 g/mol. The van der Waals surface area contributed by atoms with Gasteiger partial charge in [0.1, 0.15) is 0 Å². The molecule has 1 aliphatic rings. The lowest BCUT2D eigenvalue weighted by Crippen LogP contribution is -2.40. The van der Waals surface area contributed by atoms with Crippen LogP contribution in [0.5, 0.6) is 0 Å². The van der Waals surface area contributed by atoms with Crippen molar-refractivity contribution in [1.29, 1.82) is 0 Å². The van der Waals surface area contributed by atoms with Crippen LogP contribution in [0, 0.1) is 6.92 Å². The maximum Gasteiger partial charge on any atom is 0.227 e. The van der Waals surface area contributed by atoms with Crippen molar-refractivity contribution in [1.82, 2.24) is 19.9 Å². The quantitative estimate of drug-likeness (QED) is 0.431. The van der Waals surface area contributed by atoms with E-state index in [0.717, 1.165) is 59.2 Å². The van der Waals surface area contributed by atoms with Gasteiger partial charge in [-0.1, -0.05) is 17.8 Å². The summed E-state index contributed by atoms with van der Waals surface area (Å²) in [6, 6.07) is 6.04. The zero-order valence-corrected chi connectivity index (χ0v) is 18.1. The maximum atomic E-state index is 12.7. The van der Waals surface area contributed by atoms with Gasteiger partial charge < -0.3 is 4.90 Å². The smallest absolute Gasteiger partial charge is 0.227 e. The minimum absolute atomic E-state index is 0.214. The number of aryl methyl sites for hydroxylation is 1. The number of carbonyl (C=O) groups is 1. The molecule has 1 aliphatic heterocycles. The number of carbonyl (C=O) groups excluding carboxylic acids is 1. The monoisotopic (exact) mass is 424 g/mol. The summed E-state index contributed by atoms with van der Waals surface area (Å²) in [6.45, 7) is 3.65. The van der Waals surface area contributed by atoms with Gasteiger partial charge in [-0.25, -0.2) is 9.97 Å². The van der Waals surface area contributed by atoms with Gasteiger partial charge in [-0.2, -0.15) is 11.3 Å². The summed E-state index contributed by atoms with van der Waals surface area (Å²) in [5, 5.41) is 4.87. The van der Waals surface area contributed by atoms with Gasteiger partial charge in [-0.3, -0.25) is 9.78 Å². The predicted molar refractivity (Wildman–Crippen MR) is 117 cm³/mol. The number of aromatic nitrogens is 3. The van der Waals surface area contributed by atoms with Crippen LogP contribution < -0.4 is 0 Å². The molecule has 4 heterocycles. The molecule has 0 spiro atoms. The zero-order chi connectivity index (χ0) is 20.1. The van der Waals surface area contributed by atoms with Crippen molar-refractivity contribution in [3.05, 3.63) is 69.9 Å². The van der Waals surface area contributed by atoms with Gasteiger partial charge in [0.15, 0.2) is 5.16 Å². The van der Waals surface area contributed by atoms with E-state index in [4.69, 9.17) is 4.98 Å². The number of pyridine rings is 1. The van der Waals surface area contributed by atoms with Crippen LogP contribution in [0.1, 0.15) is 41.1 Å². The molecule has 0 N–H and O–H groups in total. The molecule has 4 rings (SSSR count). The number of hydrogen-bond acceptors (Lipinski definition) is 6. The van der Waals surface area contributed by atoms with Gasteiger partial charge in [-0.15, -0.1) is 0 Å². The summed E-state index contributed by atoms with van der Waals surface area (Å²) in [4.78, 5) is 28.3. The molecule has 29 heavy (non-hydrogen) atoms. The SMILES string of the molecule is Cc1cnc(SCc2cccnc2)nc1[C@@H]1CCCN(C(=O)Cc2ccsc2)C1. The first-order chi connectivity index (χ1) is 14.2. The Kier molecular flexibility index (Phi) is 6.56. The molecule has 0 aliphatic carbocycles. The molecule has 0 radical (unpaired) electrons. The topological polar surface area (TPSA) is 59.0 Å². The second kappa shape index (κ2) is 9.50. The third kappa shape index (κ3) is 5.22. The lowest BCUT2D eigenvalue weighted by molar-refractivity contribution is -0.131. The molecule has 1 saturated heterocycles. The summed E-state index contributed by atoms with van der Waals surface area (Å²) >= 11 is 3.27. The summed E-state index contributed by atoms with van der Waals surface area (Å²) in [5.74, 6) is 1.29. The van der Waals surface area contributed by atoms with Gasteiger partial charge in [0.05, 0.1) is 12.1 Å². The number of thiophene rings is 1. The number of piperidine rings is 1. The van der Waals surface area contributed by atoms with E-state index in [0.29, 0.717) is 6.42 Å². The maximum absolute atomic E-state index is 12.7. The van der Waals surface area contributed by atoms with Crippen LogP contribution in [0.3, 0.4) is 0 Å². The first-order valence-corrected chi connectivity index (χ1v) is 11.8. The summed E-state index contributed by atoms with van der Waals surface area (Å²) in [6.07, 6.45) is 8.14. The van der Waals surface area contributed by atoms with Gasteiger partial charge >= 0.3 is 0 Å². The summed E-state index contributed by atoms with van der Waals surface area (Å²) in [7, 11) is 0. The van der Waals surface area contributed by atoms with E-state index in [9.17, 15) is 4.79 Å². The predicted octanol–water partition coefficient (Wildman–Crippen LogP) is 4.48. The fourth-order valence-electron chi connectivity index (χ4n) is 3.66. The lowest BCUT2D eigenvalue weighted by atomic mass is 9.92. The van der Waals surface area contributed by atoms with Crippen molar-refractivity contribution < 1.29 is 4.79 Å². The summed E-state index contributed by atoms with van der Waals surface area (Å²) in [5.41, 5.74) is 4.45. The van der Waals surface area contributed by atoms with Gasteiger partial charge in [-0.05, 0) is 59.3 Å². The van der Waals surface area contributed by atoms with E-state index in [-0.39, 0.29) is 11.8 Å². The van der Waals surface area contributed by atoms with Crippen molar-refractivity contribution in [3.63, 3.8) is 0 Å². The first kappa shape index (κ1) is 20.0. The largest absolute Gasteiger partial charge is 0.342 e. The van der Waals surface area contributed by atoms with E-state index in [2.05, 4.69) is 28.3 Å². The Morgan fingerprint density at radius 3 is 3.03 bits per heavy atom. The lowest BCUT2D eigenvalue weighted by Gasteiger charge is -2.33. The molecule has 7 heteroatoms. The van der Waals surface area contributed by atoms with Gasteiger partial charge in [0.2, 0.25) is 5.91 Å². The Bertz CT molecular complexity index is 947. The normalized spacial score (nSPS) is 16.7. The van der Waals surface area contributed by atoms with Crippen LogP contribution in [0.25, 0.3) is 0 Å². The van der Waals surface area contributed by atoms with E-state index in [1.807, 2.05) is 34.8 Å². The third-order valence-electron chi connectivity index (χ3n) is 5.18. The molecular formula is C22H24N4OS2. The molecule has 0 unspecified atom stereocenters. The van der Waals surface area contributed by atoms with Crippen molar-refractivity contribution in [2.75, 3.05) is 13.1 Å². The van der Waals surface area contributed by atoms with E-state index in [1.165, 1.54) is 0 Å². The van der Waals surface area contributed by atoms with Gasteiger partial charge in [0, 0.05) is 43.4 Å². The molecule has 0 bridgehead atoms. The van der Waals surface area contributed by atoms with E-state index in [1.54, 1.807) is 29.3 Å². The number of thioether (sulfide) groups is 1. The minimum atomic E-state index is 0.214. The molecule has 3 aromatic heterocycles. The average Bonchev–Trinajstić information content (AvgIpc) is 3.27. The Hall–Kier alpha value is -2.25. The molecule has 0 saturated carbocycles. The fourth-order valence-corrected chi connectivity index (χ4v) is 5.08. The highest BCUT2D eigenvalue weighted by Gasteiger charge is 2.27. The Balaban J connectivity index is 1.43. The molecule has 1 atom stereocenters. The van der Waals surface area contributed by atoms with Gasteiger partial charge in [0.25, 0.3) is 0 Å². The number of rotatable bonds is 6. The number of nitrogens with zero attached hydrogens (tertiary/aromatic N) is 4. The molecule has 1 amide bonds. The molecule has 3 aromatic rings. The molecule has 1 fully saturated rings. The van der Waals surface area contributed by atoms with Crippen molar-refractivity contribution in [2.24, 2.45) is 0 Å². The number of amides is 1. The molecule has 0 aromatic carbocycles. The Morgan fingerprint density at radius 1 is 1.31 bits per heavy atom. The van der Waals surface area contributed by atoms with Crippen molar-refractivity contribution in [2.45, 2.75) is 43.0 Å². The standard InChI is InChI=1S/C22H24N4OS2/c1-16-11-24-22(29-15-18-4-2-7-23-12-18)25-21(16)19-5-3-8-26(13-19)20(27)10-17-6-9-28-14-17/h2,4,6-7,9,11-12,14,19H,3,5,8,10,13,15H2,1H3/t19-/m1/s1. The first-order valence-electron chi connectivity index (χ1n) is 9.83. The highest BCUT2D eigenvalue weighted by atomic mass is 32.2. The zero-order valence-electron chi connectivity index (χ0n) is 16.5. The van der Waals surface area contributed by atoms with Crippen LogP contribution in [-0.2, 0) is 17.0 Å². The highest BCUT2D eigenvalue weighted by Crippen LogP contribution is 2.30. The van der Waals surface area contributed by atoms with Crippen molar-refractivity contribution >= 4 is 29.0 Å². The summed E-state index contributed by atoms with van der Waals surface area (Å²) < 4.78 is 0. The van der Waals surface area contributed by atoms with E-state index >= 15 is 0 Å². The van der Waals surface area contributed by atoms with Crippen LogP contribution in [0.4, 0.5) is 0 Å². The van der Waals surface area contributed by atoms with Crippen molar-refractivity contribution in [3.8, 4) is 0 Å². The molecule has 5 nitrogen and oxygen atoms in total. The minimum Gasteiger partial charge on any atom is -0.342 e. The van der Waals surface area contributed by atoms with Crippen LogP contribution in [0.2, 0.25) is 0 Å². The van der Waals surface area contributed by atoms with Crippen LogP contribution in [-0.4, -0.2) is 38.8 Å². The Labute approximate surface area is 179 Å². The third-order valence-corrected chi connectivity index (χ3v) is 6.84. The highest BCUT2D eigenvalue weighted by molar-refractivity contribution is 7.98. The number of likely N-dealkylation sites (tertiary alicyclic amines) is 1. The second-order valence-corrected chi connectivity index (χ2v) is 9.08. The van der Waals surface area contributed by atoms with Crippen LogP contribution >= 0.6 is 23.1 Å². The fraction of sp³-hybridized carbons (Fsp3) is 0.364. The van der Waals surface area contributed by atoms with Crippen LogP contribution in [0.15, 0.2) is 52.7 Å². The molecule has 150 valence electrons. The number of hydrogen-bond donors (Lipinski definition) is 0. The van der Waals surface area contributed by atoms with E-state index < -0.39 is 0 Å². The molecular weight excluding hydrogens is 400 g/mol. The second-order valence-electron chi connectivity index (χ2n) is 7.36. The Morgan fingerprint density at radius 2 is 2.24 bits per heavy atom.